The Hall–Kier alpha value is -2.93. The minimum atomic E-state index is -0.217. The van der Waals surface area contributed by atoms with Gasteiger partial charge in [-0.3, -0.25) is 4.79 Å². The summed E-state index contributed by atoms with van der Waals surface area (Å²) in [6.07, 6.45) is 1.57. The van der Waals surface area contributed by atoms with E-state index in [9.17, 15) is 4.79 Å². The van der Waals surface area contributed by atoms with Gasteiger partial charge in [0.25, 0.3) is 5.91 Å². The Balaban J connectivity index is 1.60. The van der Waals surface area contributed by atoms with Crippen molar-refractivity contribution in [2.24, 2.45) is 0 Å². The van der Waals surface area contributed by atoms with Crippen LogP contribution in [0, 0.1) is 13.8 Å². The molecule has 0 radical (unpaired) electrons. The van der Waals surface area contributed by atoms with Crippen molar-refractivity contribution >= 4 is 38.6 Å². The highest BCUT2D eigenvalue weighted by molar-refractivity contribution is 9.10. The normalized spacial score (nSPS) is 11.0. The highest BCUT2D eigenvalue weighted by atomic mass is 79.9. The Morgan fingerprint density at radius 1 is 1.15 bits per heavy atom. The molecular weight excluding hydrogens is 396 g/mol. The third-order valence-corrected chi connectivity index (χ3v) is 4.61. The predicted molar refractivity (Wildman–Crippen MR) is 103 cm³/mol. The Bertz CT molecular complexity index is 1110. The lowest BCUT2D eigenvalue weighted by atomic mass is 10.2. The number of nitrogens with one attached hydrogen (secondary N) is 1. The van der Waals surface area contributed by atoms with Gasteiger partial charge >= 0.3 is 0 Å². The van der Waals surface area contributed by atoms with E-state index in [0.717, 1.165) is 15.9 Å². The number of aromatic nitrogens is 3. The molecule has 4 rings (SSSR count). The zero-order valence-electron chi connectivity index (χ0n) is 14.2. The summed E-state index contributed by atoms with van der Waals surface area (Å²) >= 11 is 3.42. The number of halogens is 1. The van der Waals surface area contributed by atoms with E-state index in [2.05, 4.69) is 31.3 Å². The molecule has 6 nitrogen and oxygen atoms in total. The zero-order chi connectivity index (χ0) is 18.3. The van der Waals surface area contributed by atoms with E-state index in [0.29, 0.717) is 28.2 Å². The lowest BCUT2D eigenvalue weighted by Crippen LogP contribution is -2.13. The number of aryl methyl sites for hydroxylation is 1. The highest BCUT2D eigenvalue weighted by Crippen LogP contribution is 2.21. The van der Waals surface area contributed by atoms with Crippen LogP contribution in [-0.4, -0.2) is 20.7 Å². The molecule has 4 aromatic rings. The summed E-state index contributed by atoms with van der Waals surface area (Å²) in [6.45, 7) is 3.66. The fraction of sp³-hybridized carbons (Fsp3) is 0.105. The lowest BCUT2D eigenvalue weighted by Gasteiger charge is -2.07. The van der Waals surface area contributed by atoms with Crippen LogP contribution in [0.2, 0.25) is 0 Å². The van der Waals surface area contributed by atoms with E-state index < -0.39 is 0 Å². The van der Waals surface area contributed by atoms with Gasteiger partial charge in [0.15, 0.2) is 11.5 Å². The van der Waals surface area contributed by atoms with E-state index in [1.807, 2.05) is 31.2 Å². The van der Waals surface area contributed by atoms with Crippen LogP contribution in [0.5, 0.6) is 0 Å². The second-order valence-electron chi connectivity index (χ2n) is 5.90. The molecule has 0 saturated heterocycles. The molecule has 7 heteroatoms. The minimum absolute atomic E-state index is 0.217. The standard InChI is InChI=1S/C19H15BrN4O2/c1-11-16(10-21-24(11)15-6-3-13(20)4-7-15)19(25)23-14-5-8-18-17(9-14)22-12(2)26-18/h3-10H,1-2H3,(H,23,25). The Morgan fingerprint density at radius 3 is 2.69 bits per heavy atom. The third-order valence-electron chi connectivity index (χ3n) is 4.08. The summed E-state index contributed by atoms with van der Waals surface area (Å²) in [5.74, 6) is 0.375. The molecule has 2 heterocycles. The molecule has 130 valence electrons. The van der Waals surface area contributed by atoms with Gasteiger partial charge in [-0.25, -0.2) is 9.67 Å². The smallest absolute Gasteiger partial charge is 0.259 e. The van der Waals surface area contributed by atoms with Crippen LogP contribution in [0.1, 0.15) is 21.9 Å². The van der Waals surface area contributed by atoms with Crippen molar-refractivity contribution in [2.75, 3.05) is 5.32 Å². The van der Waals surface area contributed by atoms with Crippen molar-refractivity contribution in [3.05, 3.63) is 70.3 Å². The summed E-state index contributed by atoms with van der Waals surface area (Å²) in [4.78, 5) is 16.9. The van der Waals surface area contributed by atoms with Gasteiger partial charge in [0.1, 0.15) is 5.52 Å². The fourth-order valence-corrected chi connectivity index (χ4v) is 3.06. The number of rotatable bonds is 3. The van der Waals surface area contributed by atoms with Gasteiger partial charge in [0.2, 0.25) is 0 Å². The maximum absolute atomic E-state index is 12.7. The summed E-state index contributed by atoms with van der Waals surface area (Å²) in [6, 6.07) is 13.1. The molecule has 2 aromatic carbocycles. The van der Waals surface area contributed by atoms with Crippen molar-refractivity contribution in [1.29, 1.82) is 0 Å². The average Bonchev–Trinajstić information content (AvgIpc) is 3.17. The van der Waals surface area contributed by atoms with Crippen molar-refractivity contribution in [3.63, 3.8) is 0 Å². The molecule has 0 fully saturated rings. The van der Waals surface area contributed by atoms with Gasteiger partial charge in [0, 0.05) is 17.1 Å². The van der Waals surface area contributed by atoms with Gasteiger partial charge in [-0.05, 0) is 49.4 Å². The molecule has 1 amide bonds. The molecule has 0 atom stereocenters. The Kier molecular flexibility index (Phi) is 4.08. The number of anilines is 1. The first kappa shape index (κ1) is 16.5. The number of fused-ring (bicyclic) bond motifs is 1. The number of benzene rings is 2. The molecule has 2 aromatic heterocycles. The van der Waals surface area contributed by atoms with Gasteiger partial charge < -0.3 is 9.73 Å². The number of carbonyl (C=O) groups excluding carboxylic acids is 1. The van der Waals surface area contributed by atoms with Crippen LogP contribution in [0.15, 0.2) is 57.6 Å². The van der Waals surface area contributed by atoms with Gasteiger partial charge in [0.05, 0.1) is 23.1 Å². The topological polar surface area (TPSA) is 73.0 Å². The maximum Gasteiger partial charge on any atom is 0.259 e. The van der Waals surface area contributed by atoms with E-state index in [1.54, 1.807) is 36.0 Å². The second kappa shape index (κ2) is 6.42. The van der Waals surface area contributed by atoms with Crippen LogP contribution >= 0.6 is 15.9 Å². The lowest BCUT2D eigenvalue weighted by molar-refractivity contribution is 0.102. The molecule has 26 heavy (non-hydrogen) atoms. The summed E-state index contributed by atoms with van der Waals surface area (Å²) in [5, 5.41) is 7.24. The van der Waals surface area contributed by atoms with Crippen LogP contribution in [-0.2, 0) is 0 Å². The van der Waals surface area contributed by atoms with Gasteiger partial charge in [-0.2, -0.15) is 5.10 Å². The van der Waals surface area contributed by atoms with Crippen LogP contribution in [0.25, 0.3) is 16.8 Å². The van der Waals surface area contributed by atoms with Crippen molar-refractivity contribution in [2.45, 2.75) is 13.8 Å². The third kappa shape index (κ3) is 3.01. The second-order valence-corrected chi connectivity index (χ2v) is 6.82. The largest absolute Gasteiger partial charge is 0.441 e. The first-order valence-electron chi connectivity index (χ1n) is 8.00. The van der Waals surface area contributed by atoms with E-state index in [1.165, 1.54) is 0 Å². The summed E-state index contributed by atoms with van der Waals surface area (Å²) < 4.78 is 8.18. The summed E-state index contributed by atoms with van der Waals surface area (Å²) in [5.41, 5.74) is 4.24. The van der Waals surface area contributed by atoms with Crippen molar-refractivity contribution in [1.82, 2.24) is 14.8 Å². The number of hydrogen-bond donors (Lipinski definition) is 1. The number of hydrogen-bond acceptors (Lipinski definition) is 4. The van der Waals surface area contributed by atoms with Crippen LogP contribution in [0.4, 0.5) is 5.69 Å². The molecule has 0 spiro atoms. The molecule has 0 unspecified atom stereocenters. The number of amides is 1. The van der Waals surface area contributed by atoms with E-state index in [-0.39, 0.29) is 5.91 Å². The zero-order valence-corrected chi connectivity index (χ0v) is 15.7. The molecule has 0 aliphatic heterocycles. The van der Waals surface area contributed by atoms with Crippen LogP contribution < -0.4 is 5.32 Å². The van der Waals surface area contributed by atoms with E-state index in [4.69, 9.17) is 4.42 Å². The van der Waals surface area contributed by atoms with Gasteiger partial charge in [-0.15, -0.1) is 0 Å². The van der Waals surface area contributed by atoms with Crippen LogP contribution in [0.3, 0.4) is 0 Å². The van der Waals surface area contributed by atoms with Gasteiger partial charge in [-0.1, -0.05) is 15.9 Å². The molecule has 0 aliphatic carbocycles. The van der Waals surface area contributed by atoms with E-state index >= 15 is 0 Å². The molecule has 0 bridgehead atoms. The van der Waals surface area contributed by atoms with Crippen molar-refractivity contribution in [3.8, 4) is 5.69 Å². The monoisotopic (exact) mass is 410 g/mol. The molecule has 0 aliphatic rings. The first-order chi connectivity index (χ1) is 12.5. The molecule has 0 saturated carbocycles. The first-order valence-corrected chi connectivity index (χ1v) is 8.80. The SMILES string of the molecule is Cc1nc2cc(NC(=O)c3cnn(-c4ccc(Br)cc4)c3C)ccc2o1. The highest BCUT2D eigenvalue weighted by Gasteiger charge is 2.16. The maximum atomic E-state index is 12.7. The quantitative estimate of drug-likeness (QED) is 0.533. The summed E-state index contributed by atoms with van der Waals surface area (Å²) in [7, 11) is 0. The molecular formula is C19H15BrN4O2. The Labute approximate surface area is 158 Å². The predicted octanol–water partition coefficient (Wildman–Crippen LogP) is 4.65. The number of oxazole rings is 1. The fourth-order valence-electron chi connectivity index (χ4n) is 2.79. The number of carbonyl (C=O) groups is 1. The molecule has 1 N–H and O–H groups in total. The number of nitrogens with zero attached hydrogens (tertiary/aromatic N) is 3. The van der Waals surface area contributed by atoms with Crippen molar-refractivity contribution < 1.29 is 9.21 Å². The Morgan fingerprint density at radius 2 is 1.92 bits per heavy atom. The minimum Gasteiger partial charge on any atom is -0.441 e. The average molecular weight is 411 g/mol.